The van der Waals surface area contributed by atoms with Crippen molar-refractivity contribution in [2.75, 3.05) is 6.54 Å². The average Bonchev–Trinajstić information content (AvgIpc) is 2.94. The number of hydrogen-bond acceptors (Lipinski definition) is 3. The molecule has 27 heavy (non-hydrogen) atoms. The minimum absolute atomic E-state index is 0.0561. The number of carbonyl (C=O) groups excluding carboxylic acids is 2. The maximum absolute atomic E-state index is 13.6. The summed E-state index contributed by atoms with van der Waals surface area (Å²) < 4.78 is 15.3. The molecule has 0 saturated carbocycles. The molecule has 0 fully saturated rings. The van der Waals surface area contributed by atoms with Gasteiger partial charge >= 0.3 is 6.03 Å². The summed E-state index contributed by atoms with van der Waals surface area (Å²) >= 11 is 5.91. The average molecular weight is 394 g/mol. The van der Waals surface area contributed by atoms with Crippen molar-refractivity contribution in [1.82, 2.24) is 20.0 Å². The molecule has 3 N–H and O–H groups in total. The van der Waals surface area contributed by atoms with E-state index in [4.69, 9.17) is 17.3 Å². The van der Waals surface area contributed by atoms with Gasteiger partial charge < -0.3 is 16.0 Å². The van der Waals surface area contributed by atoms with Gasteiger partial charge in [-0.25, -0.2) is 9.18 Å². The molecule has 3 amide bonds. The van der Waals surface area contributed by atoms with Crippen molar-refractivity contribution in [3.8, 4) is 11.3 Å². The third-order valence-electron chi connectivity index (χ3n) is 4.20. The lowest BCUT2D eigenvalue weighted by Crippen LogP contribution is -2.44. The second kappa shape index (κ2) is 6.84. The highest BCUT2D eigenvalue weighted by Crippen LogP contribution is 2.31. The molecule has 1 aromatic heterocycles. The molecule has 2 heterocycles. The summed E-state index contributed by atoms with van der Waals surface area (Å²) in [6.45, 7) is 6.57. The maximum Gasteiger partial charge on any atom is 0.315 e. The van der Waals surface area contributed by atoms with E-state index in [0.29, 0.717) is 35.6 Å². The molecular formula is C18H21ClFN5O2. The van der Waals surface area contributed by atoms with E-state index in [-0.39, 0.29) is 17.5 Å². The fourth-order valence-corrected chi connectivity index (χ4v) is 3.17. The molecule has 0 bridgehead atoms. The number of carbonyl (C=O) groups is 2. The summed E-state index contributed by atoms with van der Waals surface area (Å²) in [5, 5.41) is 7.39. The number of aromatic nitrogens is 2. The minimum Gasteiger partial charge on any atom is -0.351 e. The van der Waals surface area contributed by atoms with Crippen LogP contribution in [0.15, 0.2) is 18.2 Å². The monoisotopic (exact) mass is 393 g/mol. The molecule has 0 spiro atoms. The van der Waals surface area contributed by atoms with Gasteiger partial charge in [-0.3, -0.25) is 9.48 Å². The van der Waals surface area contributed by atoms with Crippen LogP contribution in [-0.4, -0.2) is 38.7 Å². The Morgan fingerprint density at radius 3 is 2.59 bits per heavy atom. The smallest absolute Gasteiger partial charge is 0.315 e. The minimum atomic E-state index is -0.559. The highest BCUT2D eigenvalue weighted by Gasteiger charge is 2.31. The molecular weight excluding hydrogens is 373 g/mol. The maximum atomic E-state index is 13.6. The van der Waals surface area contributed by atoms with Gasteiger partial charge in [-0.05, 0) is 39.0 Å². The van der Waals surface area contributed by atoms with Crippen LogP contribution in [0.2, 0.25) is 5.02 Å². The van der Waals surface area contributed by atoms with Gasteiger partial charge in [0.15, 0.2) is 0 Å². The summed E-state index contributed by atoms with van der Waals surface area (Å²) in [5.41, 5.74) is 6.76. The van der Waals surface area contributed by atoms with Crippen molar-refractivity contribution in [3.63, 3.8) is 0 Å². The van der Waals surface area contributed by atoms with Gasteiger partial charge in [0, 0.05) is 17.6 Å². The Labute approximate surface area is 161 Å². The Morgan fingerprint density at radius 1 is 1.30 bits per heavy atom. The van der Waals surface area contributed by atoms with Gasteiger partial charge in [-0.2, -0.15) is 5.10 Å². The van der Waals surface area contributed by atoms with Gasteiger partial charge in [0.25, 0.3) is 5.91 Å². The van der Waals surface area contributed by atoms with Crippen molar-refractivity contribution in [3.05, 3.63) is 40.3 Å². The second-order valence-corrected chi connectivity index (χ2v) is 7.89. The van der Waals surface area contributed by atoms with E-state index in [0.717, 1.165) is 0 Å². The first-order valence-electron chi connectivity index (χ1n) is 8.49. The molecule has 0 radical (unpaired) electrons. The predicted molar refractivity (Wildman–Crippen MR) is 99.8 cm³/mol. The summed E-state index contributed by atoms with van der Waals surface area (Å²) in [6.07, 6.45) is 0. The standard InChI is InChI=1S/C18H21ClFN5O2/c1-18(2,3)22-16(26)14-13-9-24(17(21)27)6-7-25(13)23-15(14)10-4-5-12(20)11(19)8-10/h4-5,8H,6-7,9H2,1-3H3,(H2,21,27)(H,22,26). The zero-order valence-electron chi connectivity index (χ0n) is 15.3. The first kappa shape index (κ1) is 19.2. The predicted octanol–water partition coefficient (Wildman–Crippen LogP) is 2.77. The lowest BCUT2D eigenvalue weighted by molar-refractivity contribution is 0.0916. The van der Waals surface area contributed by atoms with Crippen molar-refractivity contribution >= 4 is 23.5 Å². The number of urea groups is 1. The van der Waals surface area contributed by atoms with E-state index in [1.54, 1.807) is 4.68 Å². The van der Waals surface area contributed by atoms with Crippen LogP contribution in [0.25, 0.3) is 11.3 Å². The Bertz CT molecular complexity index is 919. The number of nitrogens with two attached hydrogens (primary N) is 1. The Hall–Kier alpha value is -2.61. The lowest BCUT2D eigenvalue weighted by Gasteiger charge is -2.27. The van der Waals surface area contributed by atoms with Crippen LogP contribution in [0.1, 0.15) is 36.8 Å². The molecule has 7 nitrogen and oxygen atoms in total. The molecule has 2 aromatic rings. The van der Waals surface area contributed by atoms with Crippen molar-refractivity contribution in [2.24, 2.45) is 5.73 Å². The molecule has 3 rings (SSSR count). The fourth-order valence-electron chi connectivity index (χ4n) is 2.99. The van der Waals surface area contributed by atoms with E-state index in [1.807, 2.05) is 20.8 Å². The Morgan fingerprint density at radius 2 is 2.00 bits per heavy atom. The number of halogens is 2. The van der Waals surface area contributed by atoms with E-state index < -0.39 is 17.4 Å². The summed E-state index contributed by atoms with van der Waals surface area (Å²) in [7, 11) is 0. The van der Waals surface area contributed by atoms with Crippen molar-refractivity contribution < 1.29 is 14.0 Å². The van der Waals surface area contributed by atoms with Crippen molar-refractivity contribution in [1.29, 1.82) is 0 Å². The zero-order chi connectivity index (χ0) is 19.9. The van der Waals surface area contributed by atoms with Crippen LogP contribution in [0.5, 0.6) is 0 Å². The number of fused-ring (bicyclic) bond motifs is 1. The normalized spacial score (nSPS) is 14.0. The molecule has 1 aliphatic heterocycles. The van der Waals surface area contributed by atoms with Crippen LogP contribution in [0.4, 0.5) is 9.18 Å². The Kier molecular flexibility index (Phi) is 4.86. The quantitative estimate of drug-likeness (QED) is 0.821. The van der Waals surface area contributed by atoms with Gasteiger partial charge in [-0.1, -0.05) is 11.6 Å². The number of benzene rings is 1. The van der Waals surface area contributed by atoms with E-state index in [1.165, 1.54) is 23.1 Å². The molecule has 0 unspecified atom stereocenters. The highest BCUT2D eigenvalue weighted by molar-refractivity contribution is 6.31. The number of nitrogens with zero attached hydrogens (tertiary/aromatic N) is 3. The van der Waals surface area contributed by atoms with E-state index >= 15 is 0 Å². The topological polar surface area (TPSA) is 93.2 Å². The summed E-state index contributed by atoms with van der Waals surface area (Å²) in [5.74, 6) is -0.879. The van der Waals surface area contributed by atoms with Crippen LogP contribution in [0, 0.1) is 5.82 Å². The third kappa shape index (κ3) is 3.90. The van der Waals surface area contributed by atoms with Crippen LogP contribution in [-0.2, 0) is 13.1 Å². The number of amides is 3. The van der Waals surface area contributed by atoms with Crippen LogP contribution < -0.4 is 11.1 Å². The van der Waals surface area contributed by atoms with E-state index in [2.05, 4.69) is 10.4 Å². The number of rotatable bonds is 2. The molecule has 0 atom stereocenters. The molecule has 0 aliphatic carbocycles. The molecule has 9 heteroatoms. The fraction of sp³-hybridized carbons (Fsp3) is 0.389. The number of nitrogens with one attached hydrogen (secondary N) is 1. The lowest BCUT2D eigenvalue weighted by atomic mass is 10.0. The number of primary amides is 1. The molecule has 1 aromatic carbocycles. The summed E-state index contributed by atoms with van der Waals surface area (Å²) in [4.78, 5) is 26.1. The SMILES string of the molecule is CC(C)(C)NC(=O)c1c(-c2ccc(F)c(Cl)c2)nn2c1CN(C(N)=O)CC2. The first-order valence-corrected chi connectivity index (χ1v) is 8.86. The largest absolute Gasteiger partial charge is 0.351 e. The van der Waals surface area contributed by atoms with Crippen LogP contribution >= 0.6 is 11.6 Å². The van der Waals surface area contributed by atoms with E-state index in [9.17, 15) is 14.0 Å². The number of hydrogen-bond donors (Lipinski definition) is 2. The van der Waals surface area contributed by atoms with Gasteiger partial charge in [0.1, 0.15) is 11.5 Å². The third-order valence-corrected chi connectivity index (χ3v) is 4.49. The summed E-state index contributed by atoms with van der Waals surface area (Å²) in [6, 6.07) is 3.63. The van der Waals surface area contributed by atoms with Crippen molar-refractivity contribution in [2.45, 2.75) is 39.4 Å². The Balaban J connectivity index is 2.14. The van der Waals surface area contributed by atoms with Gasteiger partial charge in [-0.15, -0.1) is 0 Å². The first-order chi connectivity index (χ1) is 12.6. The van der Waals surface area contributed by atoms with Crippen LogP contribution in [0.3, 0.4) is 0 Å². The highest BCUT2D eigenvalue weighted by atomic mass is 35.5. The molecule has 1 aliphatic rings. The second-order valence-electron chi connectivity index (χ2n) is 7.49. The molecule has 0 saturated heterocycles. The molecule has 144 valence electrons. The van der Waals surface area contributed by atoms with Gasteiger partial charge in [0.05, 0.1) is 29.4 Å². The zero-order valence-corrected chi connectivity index (χ0v) is 16.1. The van der Waals surface area contributed by atoms with Gasteiger partial charge in [0.2, 0.25) is 0 Å².